The van der Waals surface area contributed by atoms with Gasteiger partial charge in [0.2, 0.25) is 0 Å². The van der Waals surface area contributed by atoms with E-state index in [0.29, 0.717) is 6.61 Å². The molecule has 0 fully saturated rings. The molecule has 0 aliphatic rings. The number of hydrogen-bond donors (Lipinski definition) is 0. The molecule has 0 saturated carbocycles. The minimum absolute atomic E-state index is 0.631. The van der Waals surface area contributed by atoms with Crippen LogP contribution in [0.15, 0.2) is 42.5 Å². The number of aryl methyl sites for hydroxylation is 3. The van der Waals surface area contributed by atoms with Gasteiger partial charge in [-0.1, -0.05) is 47.5 Å². The molecule has 2 aromatic carbocycles. The van der Waals surface area contributed by atoms with Crippen LogP contribution in [-0.2, 0) is 6.61 Å². The van der Waals surface area contributed by atoms with Crippen molar-refractivity contribution in [1.82, 2.24) is 0 Å². The fourth-order valence-electron chi connectivity index (χ4n) is 1.92. The van der Waals surface area contributed by atoms with Gasteiger partial charge >= 0.3 is 0 Å². The SMILES string of the molecule is Cc1cccc(COc2ccc(C)cc2C)c1. The smallest absolute Gasteiger partial charge is 0.122 e. The van der Waals surface area contributed by atoms with E-state index in [1.54, 1.807) is 0 Å². The first-order chi connectivity index (χ1) is 8.15. The summed E-state index contributed by atoms with van der Waals surface area (Å²) in [6.07, 6.45) is 0. The van der Waals surface area contributed by atoms with Crippen LogP contribution in [0.25, 0.3) is 0 Å². The van der Waals surface area contributed by atoms with E-state index >= 15 is 0 Å². The minimum atomic E-state index is 0.631. The highest BCUT2D eigenvalue weighted by atomic mass is 16.5. The van der Waals surface area contributed by atoms with Crippen LogP contribution in [0.5, 0.6) is 5.75 Å². The maximum absolute atomic E-state index is 5.83. The van der Waals surface area contributed by atoms with Crippen molar-refractivity contribution in [3.8, 4) is 5.75 Å². The Morgan fingerprint density at radius 2 is 1.65 bits per heavy atom. The highest BCUT2D eigenvalue weighted by molar-refractivity contribution is 5.36. The fourth-order valence-corrected chi connectivity index (χ4v) is 1.92. The Labute approximate surface area is 103 Å². The second kappa shape index (κ2) is 5.05. The van der Waals surface area contributed by atoms with Gasteiger partial charge in [-0.15, -0.1) is 0 Å². The summed E-state index contributed by atoms with van der Waals surface area (Å²) < 4.78 is 5.83. The molecule has 1 nitrogen and oxygen atoms in total. The summed E-state index contributed by atoms with van der Waals surface area (Å²) in [5.41, 5.74) is 4.94. The van der Waals surface area contributed by atoms with E-state index in [-0.39, 0.29) is 0 Å². The number of hydrogen-bond acceptors (Lipinski definition) is 1. The topological polar surface area (TPSA) is 9.23 Å². The Hall–Kier alpha value is -1.76. The summed E-state index contributed by atoms with van der Waals surface area (Å²) >= 11 is 0. The first-order valence-electron chi connectivity index (χ1n) is 5.91. The summed E-state index contributed by atoms with van der Waals surface area (Å²) in [6.45, 7) is 6.90. The number of benzene rings is 2. The van der Waals surface area contributed by atoms with Crippen LogP contribution < -0.4 is 4.74 Å². The van der Waals surface area contributed by atoms with Gasteiger partial charge in [0.25, 0.3) is 0 Å². The van der Waals surface area contributed by atoms with Crippen molar-refractivity contribution in [2.45, 2.75) is 27.4 Å². The maximum atomic E-state index is 5.83. The van der Waals surface area contributed by atoms with Crippen molar-refractivity contribution >= 4 is 0 Å². The van der Waals surface area contributed by atoms with Gasteiger partial charge in [0.1, 0.15) is 12.4 Å². The first-order valence-corrected chi connectivity index (χ1v) is 5.91. The lowest BCUT2D eigenvalue weighted by Crippen LogP contribution is -1.97. The van der Waals surface area contributed by atoms with E-state index in [2.05, 4.69) is 57.2 Å². The van der Waals surface area contributed by atoms with Gasteiger partial charge < -0.3 is 4.74 Å². The second-order valence-corrected chi connectivity index (χ2v) is 4.55. The molecule has 0 saturated heterocycles. The standard InChI is InChI=1S/C16H18O/c1-12-5-4-6-15(10-12)11-17-16-8-7-13(2)9-14(16)3/h4-10H,11H2,1-3H3. The average molecular weight is 226 g/mol. The van der Waals surface area contributed by atoms with Crippen LogP contribution in [0, 0.1) is 20.8 Å². The Bertz CT molecular complexity index is 515. The van der Waals surface area contributed by atoms with E-state index in [9.17, 15) is 0 Å². The number of rotatable bonds is 3. The normalized spacial score (nSPS) is 10.3. The molecule has 0 atom stereocenters. The van der Waals surface area contributed by atoms with Gasteiger partial charge in [-0.3, -0.25) is 0 Å². The zero-order valence-corrected chi connectivity index (χ0v) is 10.7. The van der Waals surface area contributed by atoms with Crippen LogP contribution in [-0.4, -0.2) is 0 Å². The maximum Gasteiger partial charge on any atom is 0.122 e. The summed E-state index contributed by atoms with van der Waals surface area (Å²) in [5.74, 6) is 0.970. The van der Waals surface area contributed by atoms with E-state index < -0.39 is 0 Å². The van der Waals surface area contributed by atoms with Gasteiger partial charge in [-0.25, -0.2) is 0 Å². The molecule has 1 heteroatoms. The van der Waals surface area contributed by atoms with Crippen molar-refractivity contribution < 1.29 is 4.74 Å². The molecule has 2 aromatic rings. The van der Waals surface area contributed by atoms with E-state index in [0.717, 1.165) is 5.75 Å². The van der Waals surface area contributed by atoms with Crippen LogP contribution in [0.4, 0.5) is 0 Å². The van der Waals surface area contributed by atoms with E-state index in [1.807, 2.05) is 6.07 Å². The van der Waals surface area contributed by atoms with Crippen molar-refractivity contribution in [1.29, 1.82) is 0 Å². The highest BCUT2D eigenvalue weighted by Crippen LogP contribution is 2.20. The molecule has 0 N–H and O–H groups in total. The van der Waals surface area contributed by atoms with Crippen LogP contribution in [0.3, 0.4) is 0 Å². The Morgan fingerprint density at radius 3 is 2.35 bits per heavy atom. The van der Waals surface area contributed by atoms with Crippen molar-refractivity contribution in [3.05, 3.63) is 64.7 Å². The first kappa shape index (κ1) is 11.7. The van der Waals surface area contributed by atoms with Gasteiger partial charge in [-0.2, -0.15) is 0 Å². The highest BCUT2D eigenvalue weighted by Gasteiger charge is 2.00. The third-order valence-corrected chi connectivity index (χ3v) is 2.81. The lowest BCUT2D eigenvalue weighted by molar-refractivity contribution is 0.304. The third kappa shape index (κ3) is 3.10. The largest absolute Gasteiger partial charge is 0.489 e. The predicted octanol–water partition coefficient (Wildman–Crippen LogP) is 4.19. The number of ether oxygens (including phenoxy) is 1. The average Bonchev–Trinajstić information content (AvgIpc) is 2.28. The second-order valence-electron chi connectivity index (χ2n) is 4.55. The zero-order valence-electron chi connectivity index (χ0n) is 10.7. The molecule has 88 valence electrons. The lowest BCUT2D eigenvalue weighted by atomic mass is 10.1. The van der Waals surface area contributed by atoms with Crippen molar-refractivity contribution in [2.75, 3.05) is 0 Å². The Kier molecular flexibility index (Phi) is 3.48. The molecular formula is C16H18O. The Morgan fingerprint density at radius 1 is 0.882 bits per heavy atom. The molecular weight excluding hydrogens is 208 g/mol. The van der Waals surface area contributed by atoms with Crippen molar-refractivity contribution in [3.63, 3.8) is 0 Å². The minimum Gasteiger partial charge on any atom is -0.489 e. The molecule has 0 amide bonds. The van der Waals surface area contributed by atoms with Crippen LogP contribution >= 0.6 is 0 Å². The molecule has 2 rings (SSSR count). The summed E-state index contributed by atoms with van der Waals surface area (Å²) in [6, 6.07) is 14.7. The quantitative estimate of drug-likeness (QED) is 0.762. The van der Waals surface area contributed by atoms with Gasteiger partial charge in [-0.05, 0) is 38.0 Å². The molecule has 0 aliphatic carbocycles. The fraction of sp³-hybridized carbons (Fsp3) is 0.250. The molecule has 0 spiro atoms. The molecule has 17 heavy (non-hydrogen) atoms. The van der Waals surface area contributed by atoms with Crippen molar-refractivity contribution in [2.24, 2.45) is 0 Å². The molecule has 0 bridgehead atoms. The van der Waals surface area contributed by atoms with E-state index in [4.69, 9.17) is 4.74 Å². The molecule has 0 aromatic heterocycles. The summed E-state index contributed by atoms with van der Waals surface area (Å²) in [5, 5.41) is 0. The van der Waals surface area contributed by atoms with Gasteiger partial charge in [0.05, 0.1) is 0 Å². The molecule has 0 unspecified atom stereocenters. The lowest BCUT2D eigenvalue weighted by Gasteiger charge is -2.10. The van der Waals surface area contributed by atoms with Crippen LogP contribution in [0.1, 0.15) is 22.3 Å². The van der Waals surface area contributed by atoms with Gasteiger partial charge in [0, 0.05) is 0 Å². The third-order valence-electron chi connectivity index (χ3n) is 2.81. The van der Waals surface area contributed by atoms with Gasteiger partial charge in [0.15, 0.2) is 0 Å². The predicted molar refractivity (Wildman–Crippen MR) is 71.4 cm³/mol. The Balaban J connectivity index is 2.07. The van der Waals surface area contributed by atoms with Crippen LogP contribution in [0.2, 0.25) is 0 Å². The molecule has 0 aliphatic heterocycles. The monoisotopic (exact) mass is 226 g/mol. The zero-order chi connectivity index (χ0) is 12.3. The molecule has 0 heterocycles. The summed E-state index contributed by atoms with van der Waals surface area (Å²) in [4.78, 5) is 0. The molecule has 0 radical (unpaired) electrons. The van der Waals surface area contributed by atoms with E-state index in [1.165, 1.54) is 22.3 Å². The summed E-state index contributed by atoms with van der Waals surface area (Å²) in [7, 11) is 0.